The molecule has 1 aliphatic rings. The van der Waals surface area contributed by atoms with Crippen molar-refractivity contribution in [3.63, 3.8) is 0 Å². The minimum absolute atomic E-state index is 0.102. The van der Waals surface area contributed by atoms with Gasteiger partial charge in [0.2, 0.25) is 0 Å². The number of hydrogen-bond donors (Lipinski definition) is 3. The summed E-state index contributed by atoms with van der Waals surface area (Å²) >= 11 is 0. The Morgan fingerprint density at radius 2 is 2.19 bits per heavy atom. The predicted molar refractivity (Wildman–Crippen MR) is 92.3 cm³/mol. The predicted octanol–water partition coefficient (Wildman–Crippen LogP) is 1.30. The summed E-state index contributed by atoms with van der Waals surface area (Å²) in [6.07, 6.45) is 0.500. The lowest BCUT2D eigenvalue weighted by molar-refractivity contribution is -0.148. The number of aliphatic carboxylic acids is 1. The Morgan fingerprint density at radius 3 is 2.77 bits per heavy atom. The number of ether oxygens (including phenoxy) is 2. The molecule has 1 amide bonds. The average Bonchev–Trinajstić information content (AvgIpc) is 2.62. The molecule has 3 unspecified atom stereocenters. The smallest absolute Gasteiger partial charge is 0.409 e. The molecule has 0 aromatic heterocycles. The number of morpholine rings is 1. The minimum atomic E-state index is -1.00. The van der Waals surface area contributed by atoms with E-state index in [4.69, 9.17) is 9.47 Å². The Bertz CT molecular complexity index is 613. The third kappa shape index (κ3) is 5.82. The Balaban J connectivity index is 1.81. The lowest BCUT2D eigenvalue weighted by atomic mass is 9.93. The molecule has 2 rings (SSSR count). The summed E-state index contributed by atoms with van der Waals surface area (Å²) in [7, 11) is 0. The summed E-state index contributed by atoms with van der Waals surface area (Å²) in [5.41, 5.74) is -0.132. The summed E-state index contributed by atoms with van der Waals surface area (Å²) in [6, 6.07) is 8.86. The van der Waals surface area contributed by atoms with Crippen molar-refractivity contribution < 1.29 is 29.0 Å². The van der Waals surface area contributed by atoms with Gasteiger partial charge in [-0.2, -0.15) is 0 Å². The number of amides is 1. The van der Waals surface area contributed by atoms with E-state index >= 15 is 0 Å². The van der Waals surface area contributed by atoms with Crippen LogP contribution >= 0.6 is 0 Å². The topological polar surface area (TPSA) is 114 Å². The van der Waals surface area contributed by atoms with E-state index in [-0.39, 0.29) is 32.6 Å². The number of carboxylic acid groups (broad SMARTS) is 1. The van der Waals surface area contributed by atoms with Gasteiger partial charge in [-0.05, 0) is 18.9 Å². The van der Waals surface area contributed by atoms with Crippen molar-refractivity contribution >= 4 is 18.3 Å². The second-order valence-corrected chi connectivity index (χ2v) is 6.40. The van der Waals surface area contributed by atoms with Crippen molar-refractivity contribution in [1.82, 2.24) is 10.6 Å². The molecule has 1 heterocycles. The van der Waals surface area contributed by atoms with Gasteiger partial charge in [-0.1, -0.05) is 30.3 Å². The highest BCUT2D eigenvalue weighted by atomic mass is 16.6. The van der Waals surface area contributed by atoms with Crippen LogP contribution in [0.1, 0.15) is 25.3 Å². The molecule has 142 valence electrons. The monoisotopic (exact) mass is 364 g/mol. The van der Waals surface area contributed by atoms with E-state index in [2.05, 4.69) is 10.6 Å². The lowest BCUT2D eigenvalue weighted by Crippen LogP contribution is -2.63. The van der Waals surface area contributed by atoms with Gasteiger partial charge >= 0.3 is 12.1 Å². The molecule has 0 spiro atoms. The van der Waals surface area contributed by atoms with E-state index in [9.17, 15) is 19.5 Å². The second kappa shape index (κ2) is 9.30. The maximum absolute atomic E-state index is 12.0. The zero-order valence-corrected chi connectivity index (χ0v) is 14.6. The normalized spacial score (nSPS) is 23.7. The minimum Gasteiger partial charge on any atom is -0.481 e. The van der Waals surface area contributed by atoms with Crippen molar-refractivity contribution in [1.29, 1.82) is 0 Å². The molecular formula is C18H24N2O6. The number of rotatable bonds is 8. The third-order valence-electron chi connectivity index (χ3n) is 4.26. The van der Waals surface area contributed by atoms with E-state index in [1.54, 1.807) is 6.92 Å². The molecular weight excluding hydrogens is 340 g/mol. The zero-order chi connectivity index (χ0) is 19.0. The lowest BCUT2D eigenvalue weighted by Gasteiger charge is -2.40. The van der Waals surface area contributed by atoms with Gasteiger partial charge in [-0.3, -0.25) is 10.1 Å². The number of nitrogens with one attached hydrogen (secondary N) is 2. The van der Waals surface area contributed by atoms with Gasteiger partial charge in [0, 0.05) is 19.0 Å². The highest BCUT2D eigenvalue weighted by Gasteiger charge is 2.38. The fourth-order valence-corrected chi connectivity index (χ4v) is 2.77. The Hall–Kier alpha value is -2.45. The Labute approximate surface area is 151 Å². The summed E-state index contributed by atoms with van der Waals surface area (Å²) in [5, 5.41) is 15.0. The van der Waals surface area contributed by atoms with Crippen LogP contribution in [0.5, 0.6) is 0 Å². The number of alkyl carbamates (subject to hydrolysis) is 1. The van der Waals surface area contributed by atoms with Gasteiger partial charge in [0.05, 0.1) is 12.5 Å². The highest BCUT2D eigenvalue weighted by Crippen LogP contribution is 2.19. The van der Waals surface area contributed by atoms with Crippen LogP contribution in [-0.2, 0) is 25.7 Å². The molecule has 26 heavy (non-hydrogen) atoms. The molecule has 8 nitrogen and oxygen atoms in total. The van der Waals surface area contributed by atoms with E-state index in [0.717, 1.165) is 5.56 Å². The van der Waals surface area contributed by atoms with Crippen molar-refractivity contribution in [2.45, 2.75) is 38.1 Å². The summed E-state index contributed by atoms with van der Waals surface area (Å²) in [4.78, 5) is 33.8. The quantitative estimate of drug-likeness (QED) is 0.596. The molecule has 0 saturated carbocycles. The van der Waals surface area contributed by atoms with Gasteiger partial charge in [0.1, 0.15) is 12.9 Å². The van der Waals surface area contributed by atoms with Gasteiger partial charge in [0.25, 0.3) is 0 Å². The largest absolute Gasteiger partial charge is 0.481 e. The number of benzene rings is 1. The van der Waals surface area contributed by atoms with Crippen LogP contribution < -0.4 is 10.6 Å². The van der Waals surface area contributed by atoms with Crippen LogP contribution in [0.15, 0.2) is 30.3 Å². The van der Waals surface area contributed by atoms with Crippen LogP contribution in [0.4, 0.5) is 4.79 Å². The summed E-state index contributed by atoms with van der Waals surface area (Å²) in [6.45, 7) is 2.15. The van der Waals surface area contributed by atoms with Gasteiger partial charge in [-0.25, -0.2) is 4.79 Å². The number of hydrogen-bond acceptors (Lipinski definition) is 6. The van der Waals surface area contributed by atoms with Crippen molar-refractivity contribution in [3.8, 4) is 0 Å². The van der Waals surface area contributed by atoms with Crippen LogP contribution in [0.3, 0.4) is 0 Å². The van der Waals surface area contributed by atoms with Gasteiger partial charge in [0.15, 0.2) is 5.72 Å². The number of carboxylic acids is 1. The maximum Gasteiger partial charge on any atom is 0.409 e. The summed E-state index contributed by atoms with van der Waals surface area (Å²) < 4.78 is 10.9. The zero-order valence-electron chi connectivity index (χ0n) is 14.6. The third-order valence-corrected chi connectivity index (χ3v) is 4.26. The van der Waals surface area contributed by atoms with E-state index in [1.165, 1.54) is 0 Å². The maximum atomic E-state index is 12.0. The number of carbonyl (C=O) groups excluding carboxylic acids is 2. The van der Waals surface area contributed by atoms with Crippen molar-refractivity contribution in [3.05, 3.63) is 35.9 Å². The van der Waals surface area contributed by atoms with E-state index < -0.39 is 29.7 Å². The summed E-state index contributed by atoms with van der Waals surface area (Å²) in [5.74, 6) is -1.71. The highest BCUT2D eigenvalue weighted by molar-refractivity contribution is 5.71. The molecule has 1 aromatic rings. The fraction of sp³-hybridized carbons (Fsp3) is 0.500. The van der Waals surface area contributed by atoms with Crippen LogP contribution in [0, 0.1) is 5.92 Å². The van der Waals surface area contributed by atoms with E-state index in [0.29, 0.717) is 6.29 Å². The molecule has 3 atom stereocenters. The second-order valence-electron chi connectivity index (χ2n) is 6.40. The van der Waals surface area contributed by atoms with E-state index in [1.807, 2.05) is 30.3 Å². The molecule has 8 heteroatoms. The Morgan fingerprint density at radius 1 is 1.46 bits per heavy atom. The molecule has 1 aromatic carbocycles. The van der Waals surface area contributed by atoms with Crippen molar-refractivity contribution in [2.75, 3.05) is 13.2 Å². The molecule has 1 saturated heterocycles. The molecule has 0 radical (unpaired) electrons. The first-order chi connectivity index (χ1) is 12.4. The molecule has 1 aliphatic heterocycles. The van der Waals surface area contributed by atoms with Gasteiger partial charge in [-0.15, -0.1) is 0 Å². The number of carbonyl (C=O) groups is 3. The van der Waals surface area contributed by atoms with Gasteiger partial charge < -0.3 is 24.7 Å². The average molecular weight is 364 g/mol. The standard InChI is InChI=1S/C18H24N2O6/c1-18(20-17(24)25-10-13-6-3-2-4-7-13)12-19-15(11-26-18)14(16(22)23)8-5-9-21/h2-4,6-7,9,14-15,19H,5,8,10-12H2,1H3,(H,20,24)(H,22,23). The fourth-order valence-electron chi connectivity index (χ4n) is 2.77. The molecule has 3 N–H and O–H groups in total. The number of aldehydes is 1. The first kappa shape index (κ1) is 19.9. The molecule has 1 fully saturated rings. The van der Waals surface area contributed by atoms with Crippen molar-refractivity contribution in [2.24, 2.45) is 5.92 Å². The molecule has 0 aliphatic carbocycles. The van der Waals surface area contributed by atoms with Crippen LogP contribution in [-0.4, -0.2) is 48.4 Å². The van der Waals surface area contributed by atoms with Crippen LogP contribution in [0.2, 0.25) is 0 Å². The SMILES string of the molecule is CC1(NC(=O)OCc2ccccc2)CNC(C(CCC=O)C(=O)O)CO1. The first-order valence-corrected chi connectivity index (χ1v) is 8.46. The molecule has 0 bridgehead atoms. The Kier molecular flexibility index (Phi) is 7.11. The first-order valence-electron chi connectivity index (χ1n) is 8.46. The van der Waals surface area contributed by atoms with Crippen LogP contribution in [0.25, 0.3) is 0 Å².